The van der Waals surface area contributed by atoms with Gasteiger partial charge in [0.15, 0.2) is 0 Å². The predicted molar refractivity (Wildman–Crippen MR) is 71.3 cm³/mol. The summed E-state index contributed by atoms with van der Waals surface area (Å²) in [5, 5.41) is 0. The number of halogens is 1. The van der Waals surface area contributed by atoms with Crippen LogP contribution in [0.2, 0.25) is 0 Å². The molecule has 1 saturated heterocycles. The maximum absolute atomic E-state index is 12.1. The molecule has 0 spiro atoms. The normalized spacial score (nSPS) is 24.5. The number of rotatable bonds is 3. The maximum atomic E-state index is 12.1. The molecule has 0 aromatic heterocycles. The van der Waals surface area contributed by atoms with Crippen LogP contribution in [0.5, 0.6) is 0 Å². The number of carbonyl (C=O) groups excluding carboxylic acids is 1. The lowest BCUT2D eigenvalue weighted by molar-refractivity contribution is -0.134. The van der Waals surface area contributed by atoms with Crippen LogP contribution >= 0.6 is 12.4 Å². The molecular formula is C12H25ClN2O2. The Balaban J connectivity index is 0.00000256. The monoisotopic (exact) mass is 264 g/mol. The second-order valence-corrected chi connectivity index (χ2v) is 4.73. The summed E-state index contributed by atoms with van der Waals surface area (Å²) < 4.78 is 5.52. The average Bonchev–Trinajstić information content (AvgIpc) is 2.50. The van der Waals surface area contributed by atoms with Crippen molar-refractivity contribution in [2.45, 2.75) is 45.8 Å². The first-order valence-corrected chi connectivity index (χ1v) is 6.22. The van der Waals surface area contributed by atoms with Crippen molar-refractivity contribution < 1.29 is 9.53 Å². The number of nitrogens with zero attached hydrogens (tertiary/aromatic N) is 1. The van der Waals surface area contributed by atoms with Crippen molar-refractivity contribution in [2.24, 2.45) is 11.7 Å². The Labute approximate surface area is 110 Å². The van der Waals surface area contributed by atoms with Gasteiger partial charge in [-0.3, -0.25) is 4.79 Å². The van der Waals surface area contributed by atoms with E-state index in [1.165, 1.54) is 0 Å². The van der Waals surface area contributed by atoms with Crippen LogP contribution in [0.15, 0.2) is 0 Å². The van der Waals surface area contributed by atoms with Crippen LogP contribution in [0.1, 0.15) is 33.6 Å². The summed E-state index contributed by atoms with van der Waals surface area (Å²) in [6, 6.07) is -0.365. The molecule has 1 rings (SSSR count). The maximum Gasteiger partial charge on any atom is 0.239 e. The van der Waals surface area contributed by atoms with Gasteiger partial charge < -0.3 is 15.4 Å². The first kappa shape index (κ1) is 16.7. The topological polar surface area (TPSA) is 55.6 Å². The number of hydrogen-bond acceptors (Lipinski definition) is 3. The Bertz CT molecular complexity index is 239. The van der Waals surface area contributed by atoms with E-state index in [4.69, 9.17) is 10.5 Å². The van der Waals surface area contributed by atoms with Crippen molar-refractivity contribution in [1.29, 1.82) is 0 Å². The van der Waals surface area contributed by atoms with E-state index < -0.39 is 0 Å². The fourth-order valence-corrected chi connectivity index (χ4v) is 1.90. The van der Waals surface area contributed by atoms with Crippen LogP contribution in [0.25, 0.3) is 0 Å². The van der Waals surface area contributed by atoms with Gasteiger partial charge in [0.05, 0.1) is 12.1 Å². The van der Waals surface area contributed by atoms with Crippen LogP contribution in [-0.4, -0.2) is 42.6 Å². The van der Waals surface area contributed by atoms with Gasteiger partial charge in [0, 0.05) is 19.7 Å². The second kappa shape index (κ2) is 7.90. The molecule has 3 atom stereocenters. The van der Waals surface area contributed by atoms with Gasteiger partial charge >= 0.3 is 0 Å². The summed E-state index contributed by atoms with van der Waals surface area (Å²) in [4.78, 5) is 14.0. The molecule has 5 heteroatoms. The van der Waals surface area contributed by atoms with E-state index in [-0.39, 0.29) is 36.4 Å². The van der Waals surface area contributed by atoms with Crippen LogP contribution in [0, 0.1) is 5.92 Å². The van der Waals surface area contributed by atoms with E-state index >= 15 is 0 Å². The van der Waals surface area contributed by atoms with Crippen LogP contribution in [0.4, 0.5) is 0 Å². The second-order valence-electron chi connectivity index (χ2n) is 4.73. The zero-order valence-electron chi connectivity index (χ0n) is 11.0. The zero-order valence-corrected chi connectivity index (χ0v) is 11.8. The van der Waals surface area contributed by atoms with E-state index in [0.717, 1.165) is 26.0 Å². The van der Waals surface area contributed by atoms with Crippen LogP contribution in [-0.2, 0) is 9.53 Å². The molecule has 1 aliphatic heterocycles. The molecule has 0 saturated carbocycles. The third kappa shape index (κ3) is 4.82. The molecule has 1 heterocycles. The van der Waals surface area contributed by atoms with Gasteiger partial charge in [-0.25, -0.2) is 0 Å². The van der Waals surface area contributed by atoms with E-state index in [1.807, 2.05) is 18.7 Å². The summed E-state index contributed by atoms with van der Waals surface area (Å²) in [6.07, 6.45) is 1.96. The van der Waals surface area contributed by atoms with Crippen LogP contribution in [0.3, 0.4) is 0 Å². The van der Waals surface area contributed by atoms with E-state index in [0.29, 0.717) is 6.54 Å². The summed E-state index contributed by atoms with van der Waals surface area (Å²) in [7, 11) is 0. The smallest absolute Gasteiger partial charge is 0.239 e. The minimum absolute atomic E-state index is 0. The number of carbonyl (C=O) groups is 1. The van der Waals surface area contributed by atoms with Gasteiger partial charge in [-0.2, -0.15) is 0 Å². The number of nitrogens with two attached hydrogens (primary N) is 1. The lowest BCUT2D eigenvalue weighted by atomic mass is 9.99. The highest BCUT2D eigenvalue weighted by atomic mass is 35.5. The Morgan fingerprint density at radius 3 is 2.82 bits per heavy atom. The lowest BCUT2D eigenvalue weighted by Gasteiger charge is -2.27. The molecule has 0 bridgehead atoms. The van der Waals surface area contributed by atoms with Crippen molar-refractivity contribution in [3.8, 4) is 0 Å². The summed E-state index contributed by atoms with van der Waals surface area (Å²) in [5.74, 6) is 0.318. The Morgan fingerprint density at radius 1 is 1.59 bits per heavy atom. The largest absolute Gasteiger partial charge is 0.377 e. The van der Waals surface area contributed by atoms with E-state index in [9.17, 15) is 4.79 Å². The van der Waals surface area contributed by atoms with E-state index in [1.54, 1.807) is 0 Å². The molecule has 1 aliphatic rings. The molecule has 3 unspecified atom stereocenters. The molecule has 0 radical (unpaired) electrons. The van der Waals surface area contributed by atoms with E-state index in [2.05, 4.69) is 6.92 Å². The molecule has 4 nitrogen and oxygen atoms in total. The van der Waals surface area contributed by atoms with Gasteiger partial charge in [-0.15, -0.1) is 12.4 Å². The van der Waals surface area contributed by atoms with Crippen molar-refractivity contribution in [2.75, 3.05) is 19.7 Å². The number of ether oxygens (including phenoxy) is 1. The van der Waals surface area contributed by atoms with Gasteiger partial charge in [0.2, 0.25) is 5.91 Å². The molecule has 1 fully saturated rings. The molecule has 17 heavy (non-hydrogen) atoms. The standard InChI is InChI=1S/C12H24N2O2.ClH/c1-4-9(2)11(13)12(15)14-6-5-7-16-10(3)8-14;/h9-11H,4-8,13H2,1-3H3;1H. The third-order valence-electron chi connectivity index (χ3n) is 3.31. The Kier molecular flexibility index (Phi) is 7.75. The fraction of sp³-hybridized carbons (Fsp3) is 0.917. The molecular weight excluding hydrogens is 240 g/mol. The minimum atomic E-state index is -0.365. The first-order chi connectivity index (χ1) is 7.56. The van der Waals surface area contributed by atoms with Gasteiger partial charge in [0.1, 0.15) is 0 Å². The Morgan fingerprint density at radius 2 is 2.24 bits per heavy atom. The summed E-state index contributed by atoms with van der Waals surface area (Å²) >= 11 is 0. The molecule has 2 N–H and O–H groups in total. The van der Waals surface area contributed by atoms with Crippen molar-refractivity contribution in [3.63, 3.8) is 0 Å². The van der Waals surface area contributed by atoms with Crippen molar-refractivity contribution >= 4 is 18.3 Å². The summed E-state index contributed by atoms with van der Waals surface area (Å²) in [6.45, 7) is 8.27. The van der Waals surface area contributed by atoms with Crippen molar-refractivity contribution in [3.05, 3.63) is 0 Å². The molecule has 102 valence electrons. The Hall–Kier alpha value is -0.320. The minimum Gasteiger partial charge on any atom is -0.377 e. The highest BCUT2D eigenvalue weighted by molar-refractivity contribution is 5.85. The fourth-order valence-electron chi connectivity index (χ4n) is 1.90. The predicted octanol–water partition coefficient (Wildman–Crippen LogP) is 1.42. The molecule has 0 aromatic carbocycles. The summed E-state index contributed by atoms with van der Waals surface area (Å²) in [5.41, 5.74) is 5.97. The molecule has 0 aliphatic carbocycles. The van der Waals surface area contributed by atoms with Crippen molar-refractivity contribution in [1.82, 2.24) is 4.90 Å². The zero-order chi connectivity index (χ0) is 12.1. The SMILES string of the molecule is CCC(C)C(N)C(=O)N1CCCOC(C)C1.Cl. The van der Waals surface area contributed by atoms with Gasteiger partial charge in [0.25, 0.3) is 0 Å². The van der Waals surface area contributed by atoms with Gasteiger partial charge in [-0.1, -0.05) is 20.3 Å². The van der Waals surface area contributed by atoms with Crippen LogP contribution < -0.4 is 5.73 Å². The highest BCUT2D eigenvalue weighted by Crippen LogP contribution is 2.12. The number of amides is 1. The lowest BCUT2D eigenvalue weighted by Crippen LogP contribution is -2.48. The third-order valence-corrected chi connectivity index (χ3v) is 3.31. The molecule has 0 aromatic rings. The highest BCUT2D eigenvalue weighted by Gasteiger charge is 2.27. The quantitative estimate of drug-likeness (QED) is 0.839. The van der Waals surface area contributed by atoms with Gasteiger partial charge in [-0.05, 0) is 19.3 Å². The number of hydrogen-bond donors (Lipinski definition) is 1. The first-order valence-electron chi connectivity index (χ1n) is 6.22. The molecule has 1 amide bonds. The average molecular weight is 265 g/mol.